The molecule has 2 N–H and O–H groups in total. The van der Waals surface area contributed by atoms with Crippen LogP contribution in [0.5, 0.6) is 5.75 Å². The minimum atomic E-state index is -0.345. The predicted molar refractivity (Wildman–Crippen MR) is 71.5 cm³/mol. The first-order valence-electron chi connectivity index (χ1n) is 6.20. The van der Waals surface area contributed by atoms with Gasteiger partial charge in [-0.05, 0) is 37.6 Å². The molecule has 0 bridgehead atoms. The van der Waals surface area contributed by atoms with Gasteiger partial charge in [-0.25, -0.2) is 4.39 Å². The quantitative estimate of drug-likeness (QED) is 0.872. The summed E-state index contributed by atoms with van der Waals surface area (Å²) in [5, 5.41) is 10.2. The molecule has 1 heterocycles. The van der Waals surface area contributed by atoms with E-state index in [1.165, 1.54) is 13.2 Å². The topological polar surface area (TPSA) is 49.9 Å². The Labute approximate surface area is 112 Å². The lowest BCUT2D eigenvalue weighted by Gasteiger charge is -2.19. The van der Waals surface area contributed by atoms with Crippen LogP contribution in [0.25, 0.3) is 0 Å². The third-order valence-corrected chi connectivity index (χ3v) is 3.16. The second-order valence-corrected chi connectivity index (χ2v) is 4.52. The highest BCUT2D eigenvalue weighted by Gasteiger charge is 2.13. The first kappa shape index (κ1) is 13.5. The van der Waals surface area contributed by atoms with Gasteiger partial charge in [0.1, 0.15) is 0 Å². The molecule has 0 aliphatic carbocycles. The summed E-state index contributed by atoms with van der Waals surface area (Å²) in [6.07, 6.45) is 1.71. The van der Waals surface area contributed by atoms with Crippen LogP contribution in [0, 0.1) is 5.82 Å². The molecule has 2 aromatic rings. The number of nitrogens with zero attached hydrogens (tertiary/aromatic N) is 1. The molecule has 4 nitrogen and oxygen atoms in total. The van der Waals surface area contributed by atoms with Crippen LogP contribution in [0.3, 0.4) is 0 Å². The fourth-order valence-electron chi connectivity index (χ4n) is 2.02. The van der Waals surface area contributed by atoms with Gasteiger partial charge in [0.25, 0.3) is 0 Å². The molecule has 0 aliphatic rings. The number of aromatic nitrogens is 2. The Hall–Kier alpha value is -1.88. The summed E-state index contributed by atoms with van der Waals surface area (Å²) in [4.78, 5) is 0. The molecule has 0 aliphatic heterocycles. The van der Waals surface area contributed by atoms with Crippen molar-refractivity contribution in [3.63, 3.8) is 0 Å². The Kier molecular flexibility index (Phi) is 4.16. The summed E-state index contributed by atoms with van der Waals surface area (Å²) >= 11 is 0. The van der Waals surface area contributed by atoms with Gasteiger partial charge in [0, 0.05) is 18.3 Å². The molecule has 0 spiro atoms. The monoisotopic (exact) mass is 263 g/mol. The highest BCUT2D eigenvalue weighted by Crippen LogP contribution is 2.23. The van der Waals surface area contributed by atoms with Crippen molar-refractivity contribution in [1.29, 1.82) is 0 Å². The lowest BCUT2D eigenvalue weighted by molar-refractivity contribution is 0.385. The highest BCUT2D eigenvalue weighted by atomic mass is 19.1. The molecule has 0 saturated carbocycles. The molecule has 2 rings (SSSR count). The fourth-order valence-corrected chi connectivity index (χ4v) is 2.02. The van der Waals surface area contributed by atoms with Crippen molar-refractivity contribution in [2.45, 2.75) is 25.9 Å². The molecule has 2 unspecified atom stereocenters. The van der Waals surface area contributed by atoms with Crippen molar-refractivity contribution in [3.8, 4) is 5.75 Å². The van der Waals surface area contributed by atoms with Crippen LogP contribution in [0.15, 0.2) is 30.5 Å². The van der Waals surface area contributed by atoms with Crippen molar-refractivity contribution >= 4 is 0 Å². The van der Waals surface area contributed by atoms with Gasteiger partial charge >= 0.3 is 0 Å². The van der Waals surface area contributed by atoms with Crippen LogP contribution >= 0.6 is 0 Å². The van der Waals surface area contributed by atoms with Gasteiger partial charge in [-0.15, -0.1) is 0 Å². The molecular formula is C14H18FN3O. The molecule has 0 saturated heterocycles. The molecule has 0 radical (unpaired) electrons. The Bertz CT molecular complexity index is 527. The fraction of sp³-hybridized carbons (Fsp3) is 0.357. The summed E-state index contributed by atoms with van der Waals surface area (Å²) < 4.78 is 18.6. The van der Waals surface area contributed by atoms with E-state index in [-0.39, 0.29) is 23.7 Å². The average molecular weight is 263 g/mol. The molecule has 0 amide bonds. The maximum absolute atomic E-state index is 13.7. The smallest absolute Gasteiger partial charge is 0.165 e. The van der Waals surface area contributed by atoms with Crippen LogP contribution in [-0.4, -0.2) is 17.3 Å². The number of aromatic amines is 1. The van der Waals surface area contributed by atoms with Gasteiger partial charge in [0.2, 0.25) is 0 Å². The zero-order valence-electron chi connectivity index (χ0n) is 11.3. The van der Waals surface area contributed by atoms with Gasteiger partial charge in [-0.1, -0.05) is 6.07 Å². The van der Waals surface area contributed by atoms with Gasteiger partial charge in [-0.3, -0.25) is 5.10 Å². The summed E-state index contributed by atoms with van der Waals surface area (Å²) in [6, 6.07) is 7.05. The lowest BCUT2D eigenvalue weighted by Crippen LogP contribution is -2.22. The third-order valence-electron chi connectivity index (χ3n) is 3.16. The number of H-pyrrole nitrogens is 1. The number of benzene rings is 1. The minimum Gasteiger partial charge on any atom is -0.494 e. The maximum Gasteiger partial charge on any atom is 0.165 e. The predicted octanol–water partition coefficient (Wildman–Crippen LogP) is 2.97. The summed E-state index contributed by atoms with van der Waals surface area (Å²) in [6.45, 7) is 4.03. The molecule has 2 atom stereocenters. The normalized spacial score (nSPS) is 14.1. The molecular weight excluding hydrogens is 245 g/mol. The highest BCUT2D eigenvalue weighted by molar-refractivity contribution is 5.31. The Balaban J connectivity index is 2.07. The second-order valence-electron chi connectivity index (χ2n) is 4.52. The van der Waals surface area contributed by atoms with Crippen molar-refractivity contribution in [1.82, 2.24) is 15.5 Å². The Morgan fingerprint density at radius 1 is 1.26 bits per heavy atom. The molecule has 19 heavy (non-hydrogen) atoms. The van der Waals surface area contributed by atoms with Crippen LogP contribution in [0.2, 0.25) is 0 Å². The van der Waals surface area contributed by atoms with E-state index in [4.69, 9.17) is 4.74 Å². The van der Waals surface area contributed by atoms with E-state index >= 15 is 0 Å². The van der Waals surface area contributed by atoms with Crippen molar-refractivity contribution in [2.75, 3.05) is 7.11 Å². The molecule has 0 fully saturated rings. The third kappa shape index (κ3) is 3.12. The van der Waals surface area contributed by atoms with E-state index in [1.54, 1.807) is 12.3 Å². The van der Waals surface area contributed by atoms with Crippen LogP contribution in [0.1, 0.15) is 37.2 Å². The van der Waals surface area contributed by atoms with Gasteiger partial charge in [0.15, 0.2) is 11.6 Å². The zero-order chi connectivity index (χ0) is 13.8. The maximum atomic E-state index is 13.7. The first-order chi connectivity index (χ1) is 9.11. The van der Waals surface area contributed by atoms with Gasteiger partial charge in [-0.2, -0.15) is 5.10 Å². The zero-order valence-corrected chi connectivity index (χ0v) is 11.3. The number of hydrogen-bond acceptors (Lipinski definition) is 3. The number of halogens is 1. The van der Waals surface area contributed by atoms with Crippen molar-refractivity contribution < 1.29 is 9.13 Å². The van der Waals surface area contributed by atoms with Gasteiger partial charge in [0.05, 0.1) is 12.8 Å². The molecule has 102 valence electrons. The number of hydrogen-bond donors (Lipinski definition) is 2. The van der Waals surface area contributed by atoms with Crippen LogP contribution in [-0.2, 0) is 0 Å². The summed E-state index contributed by atoms with van der Waals surface area (Å²) in [7, 11) is 1.46. The van der Waals surface area contributed by atoms with Crippen LogP contribution < -0.4 is 10.1 Å². The summed E-state index contributed by atoms with van der Waals surface area (Å²) in [5.74, 6) is -0.0830. The number of methoxy groups -OCH3 is 1. The van der Waals surface area contributed by atoms with E-state index in [9.17, 15) is 4.39 Å². The SMILES string of the molecule is COc1ccc(C(C)NC(C)c2ccn[nH]2)cc1F. The number of rotatable bonds is 5. The van der Waals surface area contributed by atoms with E-state index in [0.717, 1.165) is 11.3 Å². The van der Waals surface area contributed by atoms with E-state index in [0.29, 0.717) is 0 Å². The molecule has 5 heteroatoms. The van der Waals surface area contributed by atoms with E-state index < -0.39 is 0 Å². The van der Waals surface area contributed by atoms with E-state index in [1.807, 2.05) is 26.0 Å². The average Bonchev–Trinajstić information content (AvgIpc) is 2.92. The van der Waals surface area contributed by atoms with Gasteiger partial charge < -0.3 is 10.1 Å². The Morgan fingerprint density at radius 3 is 2.63 bits per heavy atom. The minimum absolute atomic E-state index is 0.0266. The number of nitrogens with one attached hydrogen (secondary N) is 2. The second kappa shape index (κ2) is 5.84. The van der Waals surface area contributed by atoms with E-state index in [2.05, 4.69) is 15.5 Å². The Morgan fingerprint density at radius 2 is 2.05 bits per heavy atom. The lowest BCUT2D eigenvalue weighted by atomic mass is 10.1. The molecule has 1 aromatic heterocycles. The number of ether oxygens (including phenoxy) is 1. The molecule has 1 aromatic carbocycles. The van der Waals surface area contributed by atoms with Crippen molar-refractivity contribution in [3.05, 3.63) is 47.5 Å². The summed E-state index contributed by atoms with van der Waals surface area (Å²) in [5.41, 5.74) is 1.88. The van der Waals surface area contributed by atoms with Crippen LogP contribution in [0.4, 0.5) is 4.39 Å². The first-order valence-corrected chi connectivity index (χ1v) is 6.20. The van der Waals surface area contributed by atoms with Crippen molar-refractivity contribution in [2.24, 2.45) is 0 Å². The largest absolute Gasteiger partial charge is 0.494 e. The standard InChI is InChI=1S/C14H18FN3O/c1-9(17-10(2)13-6-7-16-18-13)11-4-5-14(19-3)12(15)8-11/h4-10,17H,1-3H3,(H,16,18).